The molecule has 0 saturated carbocycles. The molecule has 2 aromatic rings. The second-order valence-corrected chi connectivity index (χ2v) is 6.97. The van der Waals surface area contributed by atoms with Crippen LogP contribution in [-0.2, 0) is 17.1 Å². The van der Waals surface area contributed by atoms with Gasteiger partial charge in [-0.1, -0.05) is 18.2 Å². The van der Waals surface area contributed by atoms with Crippen LogP contribution in [0.4, 0.5) is 0 Å². The number of nitrogens with one attached hydrogen (secondary N) is 1. The van der Waals surface area contributed by atoms with E-state index in [1.54, 1.807) is 36.1 Å². The molecule has 0 saturated heterocycles. The molecule has 0 fully saturated rings. The summed E-state index contributed by atoms with van der Waals surface area (Å²) in [5, 5.41) is 4.10. The highest BCUT2D eigenvalue weighted by Crippen LogP contribution is 2.14. The molecule has 126 valence electrons. The van der Waals surface area contributed by atoms with Gasteiger partial charge in [-0.05, 0) is 36.8 Å². The molecule has 1 aromatic heterocycles. The molecule has 1 heterocycles. The largest absolute Gasteiger partial charge is 0.289 e. The van der Waals surface area contributed by atoms with Crippen molar-refractivity contribution in [3.8, 4) is 0 Å². The molecule has 0 amide bonds. The van der Waals surface area contributed by atoms with Crippen LogP contribution in [0.25, 0.3) is 6.08 Å². The molecule has 0 aliphatic carbocycles. The van der Waals surface area contributed by atoms with Crippen molar-refractivity contribution in [3.05, 3.63) is 66.0 Å². The van der Waals surface area contributed by atoms with Gasteiger partial charge in [0.25, 0.3) is 0 Å². The molecule has 0 aliphatic heterocycles. The third kappa shape index (κ3) is 4.06. The van der Waals surface area contributed by atoms with Crippen molar-refractivity contribution >= 4 is 21.9 Å². The average molecular weight is 345 g/mol. The number of benzene rings is 1. The summed E-state index contributed by atoms with van der Waals surface area (Å²) in [6.45, 7) is 5.49. The van der Waals surface area contributed by atoms with Crippen LogP contribution < -0.4 is 4.72 Å². The number of aromatic nitrogens is 2. The van der Waals surface area contributed by atoms with Gasteiger partial charge < -0.3 is 0 Å². The number of nitrogens with zero attached hydrogens (tertiary/aromatic N) is 2. The second kappa shape index (κ2) is 7.37. The first-order valence-corrected chi connectivity index (χ1v) is 8.75. The van der Waals surface area contributed by atoms with E-state index in [1.807, 2.05) is 6.92 Å². The SMILES string of the molecule is C=CCNS(=O)(=O)c1cccc(C(=O)/C=C/c2c(C)cnn2C)c1. The van der Waals surface area contributed by atoms with Gasteiger partial charge in [0.2, 0.25) is 10.0 Å². The highest BCUT2D eigenvalue weighted by molar-refractivity contribution is 7.89. The maximum absolute atomic E-state index is 12.3. The molecule has 2 rings (SSSR count). The first-order chi connectivity index (χ1) is 11.3. The van der Waals surface area contributed by atoms with Crippen LogP contribution in [0.2, 0.25) is 0 Å². The van der Waals surface area contributed by atoms with Crippen molar-refractivity contribution in [1.82, 2.24) is 14.5 Å². The number of carbonyl (C=O) groups excluding carboxylic acids is 1. The van der Waals surface area contributed by atoms with Gasteiger partial charge in [0.05, 0.1) is 16.8 Å². The van der Waals surface area contributed by atoms with Crippen molar-refractivity contribution < 1.29 is 13.2 Å². The topological polar surface area (TPSA) is 81.1 Å². The Kier molecular flexibility index (Phi) is 5.48. The van der Waals surface area contributed by atoms with Gasteiger partial charge in [-0.25, -0.2) is 13.1 Å². The van der Waals surface area contributed by atoms with Gasteiger partial charge in [0.1, 0.15) is 0 Å². The summed E-state index contributed by atoms with van der Waals surface area (Å²) in [4.78, 5) is 12.3. The molecule has 1 aromatic carbocycles. The van der Waals surface area contributed by atoms with Crippen molar-refractivity contribution in [1.29, 1.82) is 0 Å². The molecular formula is C17H19N3O3S. The molecule has 1 N–H and O–H groups in total. The zero-order chi connectivity index (χ0) is 17.7. The molecule has 0 radical (unpaired) electrons. The third-order valence-electron chi connectivity index (χ3n) is 3.42. The van der Waals surface area contributed by atoms with Crippen molar-refractivity contribution in [3.63, 3.8) is 0 Å². The second-order valence-electron chi connectivity index (χ2n) is 5.20. The fourth-order valence-corrected chi connectivity index (χ4v) is 3.16. The van der Waals surface area contributed by atoms with Gasteiger partial charge in [-0.2, -0.15) is 5.10 Å². The number of hydrogen-bond acceptors (Lipinski definition) is 4. The minimum atomic E-state index is -3.66. The van der Waals surface area contributed by atoms with E-state index in [9.17, 15) is 13.2 Å². The van der Waals surface area contributed by atoms with Crippen molar-refractivity contribution in [2.75, 3.05) is 6.54 Å². The number of aryl methyl sites for hydroxylation is 2. The number of sulfonamides is 1. The Hall–Kier alpha value is -2.51. The van der Waals surface area contributed by atoms with Gasteiger partial charge in [-0.15, -0.1) is 6.58 Å². The number of carbonyl (C=O) groups is 1. The molecule has 7 heteroatoms. The normalized spacial score (nSPS) is 11.8. The molecular weight excluding hydrogens is 326 g/mol. The van der Waals surface area contributed by atoms with E-state index in [1.165, 1.54) is 24.3 Å². The minimum absolute atomic E-state index is 0.0420. The van der Waals surface area contributed by atoms with Crippen LogP contribution in [0.15, 0.2) is 54.1 Å². The minimum Gasteiger partial charge on any atom is -0.289 e. The van der Waals surface area contributed by atoms with Crippen LogP contribution in [-0.4, -0.2) is 30.5 Å². The number of hydrogen-bond donors (Lipinski definition) is 1. The lowest BCUT2D eigenvalue weighted by Crippen LogP contribution is -2.23. The lowest BCUT2D eigenvalue weighted by Gasteiger charge is -2.05. The maximum Gasteiger partial charge on any atom is 0.240 e. The van der Waals surface area contributed by atoms with Crippen LogP contribution >= 0.6 is 0 Å². The van der Waals surface area contributed by atoms with E-state index < -0.39 is 10.0 Å². The first-order valence-electron chi connectivity index (χ1n) is 7.27. The Morgan fingerprint density at radius 1 is 1.42 bits per heavy atom. The van der Waals surface area contributed by atoms with E-state index >= 15 is 0 Å². The lowest BCUT2D eigenvalue weighted by molar-refractivity contribution is 0.104. The van der Waals surface area contributed by atoms with Crippen molar-refractivity contribution in [2.24, 2.45) is 7.05 Å². The first kappa shape index (κ1) is 17.8. The summed E-state index contributed by atoms with van der Waals surface area (Å²) in [6, 6.07) is 5.92. The molecule has 0 atom stereocenters. The van der Waals surface area contributed by atoms with E-state index in [4.69, 9.17) is 0 Å². The number of allylic oxidation sites excluding steroid dienone is 1. The van der Waals surface area contributed by atoms with Gasteiger partial charge >= 0.3 is 0 Å². The molecule has 0 bridgehead atoms. The fraction of sp³-hybridized carbons (Fsp3) is 0.176. The summed E-state index contributed by atoms with van der Waals surface area (Å²) in [6.07, 6.45) is 6.24. The van der Waals surface area contributed by atoms with E-state index in [0.717, 1.165) is 11.3 Å². The quantitative estimate of drug-likeness (QED) is 0.473. The van der Waals surface area contributed by atoms with Crippen LogP contribution in [0, 0.1) is 6.92 Å². The highest BCUT2D eigenvalue weighted by atomic mass is 32.2. The van der Waals surface area contributed by atoms with E-state index in [2.05, 4.69) is 16.4 Å². The Balaban J connectivity index is 2.25. The summed E-state index contributed by atoms with van der Waals surface area (Å²) < 4.78 is 28.2. The Morgan fingerprint density at radius 3 is 2.79 bits per heavy atom. The number of rotatable bonds is 7. The third-order valence-corrected chi connectivity index (χ3v) is 4.84. The Labute approximate surface area is 141 Å². The number of ketones is 1. The van der Waals surface area contributed by atoms with Gasteiger partial charge in [0, 0.05) is 19.2 Å². The fourth-order valence-electron chi connectivity index (χ4n) is 2.12. The molecule has 24 heavy (non-hydrogen) atoms. The highest BCUT2D eigenvalue weighted by Gasteiger charge is 2.14. The predicted molar refractivity (Wildman–Crippen MR) is 93.1 cm³/mol. The lowest BCUT2D eigenvalue weighted by atomic mass is 10.1. The zero-order valence-corrected chi connectivity index (χ0v) is 14.4. The summed E-state index contributed by atoms with van der Waals surface area (Å²) in [7, 11) is -1.87. The predicted octanol–water partition coefficient (Wildman–Crippen LogP) is 2.09. The van der Waals surface area contributed by atoms with Gasteiger partial charge in [0.15, 0.2) is 5.78 Å². The van der Waals surface area contributed by atoms with Crippen molar-refractivity contribution in [2.45, 2.75) is 11.8 Å². The summed E-state index contributed by atoms with van der Waals surface area (Å²) in [5.41, 5.74) is 2.07. The van der Waals surface area contributed by atoms with Crippen LogP contribution in [0.5, 0.6) is 0 Å². The van der Waals surface area contributed by atoms with E-state index in [-0.39, 0.29) is 17.2 Å². The van der Waals surface area contributed by atoms with Crippen LogP contribution in [0.1, 0.15) is 21.6 Å². The molecule has 6 nitrogen and oxygen atoms in total. The summed E-state index contributed by atoms with van der Waals surface area (Å²) in [5.74, 6) is -0.281. The maximum atomic E-state index is 12.3. The molecule has 0 spiro atoms. The average Bonchev–Trinajstić information content (AvgIpc) is 2.89. The molecule has 0 aliphatic rings. The van der Waals surface area contributed by atoms with Crippen LogP contribution in [0.3, 0.4) is 0 Å². The summed E-state index contributed by atoms with van der Waals surface area (Å²) >= 11 is 0. The smallest absolute Gasteiger partial charge is 0.240 e. The molecule has 0 unspecified atom stereocenters. The Bertz CT molecular complexity index is 876. The van der Waals surface area contributed by atoms with E-state index in [0.29, 0.717) is 5.56 Å². The zero-order valence-electron chi connectivity index (χ0n) is 13.6. The standard InChI is InChI=1S/C17H19N3O3S/c1-4-10-19-24(22,23)15-7-5-6-14(11-15)17(21)9-8-16-13(2)12-18-20(16)3/h4-9,11-12,19H,1,10H2,2-3H3/b9-8+. The van der Waals surface area contributed by atoms with Gasteiger partial charge in [-0.3, -0.25) is 9.48 Å². The Morgan fingerprint density at radius 2 is 2.17 bits per heavy atom. The monoisotopic (exact) mass is 345 g/mol.